The van der Waals surface area contributed by atoms with E-state index in [0.29, 0.717) is 11.3 Å². The van der Waals surface area contributed by atoms with E-state index in [0.717, 1.165) is 16.7 Å². The highest BCUT2D eigenvalue weighted by Gasteiger charge is 2.71. The van der Waals surface area contributed by atoms with Gasteiger partial charge in [-0.1, -0.05) is 93.6 Å². The van der Waals surface area contributed by atoms with E-state index < -0.39 is 28.8 Å². The van der Waals surface area contributed by atoms with Crippen molar-refractivity contribution in [2.45, 2.75) is 38.3 Å². The lowest BCUT2D eigenvalue weighted by molar-refractivity contribution is -0.131. The molecule has 3 heterocycles. The molecule has 180 valence electrons. The number of hydrogen-bond donors (Lipinski definition) is 1. The van der Waals surface area contributed by atoms with Crippen LogP contribution < -0.4 is 5.32 Å². The topological polar surface area (TPSA) is 66.5 Å². The van der Waals surface area contributed by atoms with Gasteiger partial charge in [0.05, 0.1) is 18.0 Å². The van der Waals surface area contributed by atoms with Gasteiger partial charge >= 0.3 is 0 Å². The van der Waals surface area contributed by atoms with Crippen LogP contribution in [-0.4, -0.2) is 28.4 Å². The Bertz CT molecular complexity index is 1440. The van der Waals surface area contributed by atoms with Gasteiger partial charge in [0.25, 0.3) is 0 Å². The summed E-state index contributed by atoms with van der Waals surface area (Å²) in [5, 5.41) is 3.08. The number of carbonyl (C=O) groups is 3. The maximum absolute atomic E-state index is 14.5. The molecule has 3 aromatic rings. The first-order valence-corrected chi connectivity index (χ1v) is 12.4. The number of ketones is 2. The van der Waals surface area contributed by atoms with E-state index in [1.807, 2.05) is 105 Å². The number of anilines is 1. The molecule has 4 atom stereocenters. The van der Waals surface area contributed by atoms with Gasteiger partial charge in [0.1, 0.15) is 5.41 Å². The van der Waals surface area contributed by atoms with Gasteiger partial charge in [0.2, 0.25) is 5.91 Å². The number of fused-ring (bicyclic) bond motifs is 6. The zero-order valence-corrected chi connectivity index (χ0v) is 20.6. The fraction of sp³-hybridized carbons (Fsp3) is 0.258. The number of para-hydroxylation sites is 1. The van der Waals surface area contributed by atoms with Gasteiger partial charge in [0.15, 0.2) is 11.6 Å². The van der Waals surface area contributed by atoms with Crippen molar-refractivity contribution in [3.05, 3.63) is 107 Å². The van der Waals surface area contributed by atoms with Crippen molar-refractivity contribution in [3.63, 3.8) is 0 Å². The van der Waals surface area contributed by atoms with Crippen LogP contribution >= 0.6 is 0 Å². The summed E-state index contributed by atoms with van der Waals surface area (Å²) in [4.78, 5) is 44.9. The monoisotopic (exact) mass is 476 g/mol. The lowest BCUT2D eigenvalue weighted by Gasteiger charge is -2.38. The van der Waals surface area contributed by atoms with E-state index in [-0.39, 0.29) is 17.5 Å². The fourth-order valence-electron chi connectivity index (χ4n) is 6.39. The number of nitrogens with one attached hydrogen (secondary N) is 1. The second-order valence-electron chi connectivity index (χ2n) is 10.9. The zero-order valence-electron chi connectivity index (χ0n) is 20.6. The molecule has 0 saturated carbocycles. The van der Waals surface area contributed by atoms with E-state index in [1.165, 1.54) is 0 Å². The Hall–Kier alpha value is -3.99. The highest BCUT2D eigenvalue weighted by molar-refractivity contribution is 6.15. The highest BCUT2D eigenvalue weighted by atomic mass is 16.2. The molecule has 0 radical (unpaired) electrons. The Labute approximate surface area is 210 Å². The summed E-state index contributed by atoms with van der Waals surface area (Å²) in [5.74, 6) is -1.39. The lowest BCUT2D eigenvalue weighted by atomic mass is 9.62. The Kier molecular flexibility index (Phi) is 4.84. The number of carbonyl (C=O) groups excluding carboxylic acids is 3. The van der Waals surface area contributed by atoms with Crippen molar-refractivity contribution in [1.29, 1.82) is 0 Å². The number of rotatable bonds is 3. The summed E-state index contributed by atoms with van der Waals surface area (Å²) in [6.45, 7) is 5.64. The summed E-state index contributed by atoms with van der Waals surface area (Å²) in [7, 11) is 0. The number of Topliss-reactive ketones (excluding diaryl/α,β-unsaturated/α-hetero) is 2. The first-order valence-electron chi connectivity index (χ1n) is 12.4. The third kappa shape index (κ3) is 2.92. The van der Waals surface area contributed by atoms with Gasteiger partial charge in [-0.15, -0.1) is 0 Å². The molecule has 6 rings (SSSR count). The molecule has 1 amide bonds. The molecule has 0 aliphatic carbocycles. The van der Waals surface area contributed by atoms with Crippen LogP contribution in [0.2, 0.25) is 0 Å². The molecule has 3 aliphatic heterocycles. The van der Waals surface area contributed by atoms with Gasteiger partial charge in [-0.25, -0.2) is 0 Å². The van der Waals surface area contributed by atoms with Gasteiger partial charge in [-0.2, -0.15) is 0 Å². The Morgan fingerprint density at radius 2 is 1.56 bits per heavy atom. The van der Waals surface area contributed by atoms with Crippen molar-refractivity contribution in [2.75, 3.05) is 5.32 Å². The summed E-state index contributed by atoms with van der Waals surface area (Å²) < 4.78 is 0. The minimum absolute atomic E-state index is 0.0557. The van der Waals surface area contributed by atoms with Crippen molar-refractivity contribution in [1.82, 2.24) is 4.90 Å². The number of amides is 1. The van der Waals surface area contributed by atoms with Gasteiger partial charge in [-0.05, 0) is 28.8 Å². The Morgan fingerprint density at radius 3 is 2.31 bits per heavy atom. The van der Waals surface area contributed by atoms with Crippen LogP contribution in [0.4, 0.5) is 5.69 Å². The Balaban J connectivity index is 1.70. The van der Waals surface area contributed by atoms with Gasteiger partial charge in [0, 0.05) is 22.9 Å². The molecule has 1 N–H and O–H groups in total. The van der Waals surface area contributed by atoms with E-state index >= 15 is 0 Å². The third-order valence-corrected chi connectivity index (χ3v) is 7.92. The summed E-state index contributed by atoms with van der Waals surface area (Å²) in [5.41, 5.74) is 1.93. The minimum Gasteiger partial charge on any atom is -0.358 e. The summed E-state index contributed by atoms with van der Waals surface area (Å²) in [6.07, 6.45) is 3.89. The van der Waals surface area contributed by atoms with Crippen molar-refractivity contribution in [3.8, 4) is 0 Å². The van der Waals surface area contributed by atoms with Gasteiger partial charge < -0.3 is 10.2 Å². The molecule has 5 heteroatoms. The third-order valence-electron chi connectivity index (χ3n) is 7.92. The van der Waals surface area contributed by atoms with E-state index in [4.69, 9.17) is 0 Å². The maximum Gasteiger partial charge on any atom is 0.238 e. The van der Waals surface area contributed by atoms with Crippen molar-refractivity contribution < 1.29 is 14.4 Å². The molecule has 0 aromatic heterocycles. The molecule has 1 spiro atoms. The fourth-order valence-corrected chi connectivity index (χ4v) is 6.39. The van der Waals surface area contributed by atoms with Crippen LogP contribution in [0.25, 0.3) is 6.08 Å². The molecule has 1 saturated heterocycles. The first-order chi connectivity index (χ1) is 17.3. The highest BCUT2D eigenvalue weighted by Crippen LogP contribution is 2.62. The second kappa shape index (κ2) is 7.76. The van der Waals surface area contributed by atoms with E-state index in [9.17, 15) is 14.4 Å². The second-order valence-corrected chi connectivity index (χ2v) is 10.9. The average Bonchev–Trinajstić information content (AvgIpc) is 3.35. The van der Waals surface area contributed by atoms with E-state index in [2.05, 4.69) is 5.32 Å². The van der Waals surface area contributed by atoms with Crippen molar-refractivity contribution in [2.24, 2.45) is 11.3 Å². The number of benzene rings is 3. The SMILES string of the molecule is CC(C)(C)C(=O)[C@@H]1[C@H](C(=O)c2ccccc2)[C@@]2(C(=O)Nc3ccccc32)[C@H]2c3ccccc3C=CN12. The number of hydrogen-bond acceptors (Lipinski definition) is 4. The standard InChI is InChI=1S/C31H28N2O3/c1-30(2,3)28(35)25-24(26(34)20-12-5-4-6-13-20)31(22-15-9-10-16-23(22)32-29(31)36)27-21-14-8-7-11-19(21)17-18-33(25)27/h4-18,24-25,27H,1-3H3,(H,32,36)/t24-,25+,27-,31-/m1/s1. The van der Waals surface area contributed by atoms with Gasteiger partial charge in [-0.3, -0.25) is 14.4 Å². The lowest BCUT2D eigenvalue weighted by Crippen LogP contribution is -2.50. The van der Waals surface area contributed by atoms with E-state index in [1.54, 1.807) is 12.1 Å². The predicted octanol–water partition coefficient (Wildman–Crippen LogP) is 5.40. The predicted molar refractivity (Wildman–Crippen MR) is 139 cm³/mol. The molecule has 0 bridgehead atoms. The molecule has 3 aliphatic rings. The van der Waals surface area contributed by atoms with Crippen LogP contribution in [0, 0.1) is 11.3 Å². The summed E-state index contributed by atoms with van der Waals surface area (Å²) >= 11 is 0. The molecular formula is C31H28N2O3. The van der Waals surface area contributed by atoms with Crippen molar-refractivity contribution >= 4 is 29.2 Å². The summed E-state index contributed by atoms with van der Waals surface area (Å²) in [6, 6.07) is 23.3. The van der Waals surface area contributed by atoms with Crippen LogP contribution in [0.15, 0.2) is 85.1 Å². The minimum atomic E-state index is -1.27. The molecule has 1 fully saturated rings. The number of nitrogens with zero attached hydrogens (tertiary/aromatic N) is 1. The quantitative estimate of drug-likeness (QED) is 0.514. The zero-order chi connectivity index (χ0) is 25.2. The molecule has 0 unspecified atom stereocenters. The normalized spacial score (nSPS) is 25.8. The average molecular weight is 477 g/mol. The van der Waals surface area contributed by atoms with Crippen LogP contribution in [-0.2, 0) is 15.0 Å². The molecule has 5 nitrogen and oxygen atoms in total. The largest absolute Gasteiger partial charge is 0.358 e. The molecule has 3 aromatic carbocycles. The van der Waals surface area contributed by atoms with Crippen LogP contribution in [0.5, 0.6) is 0 Å². The Morgan fingerprint density at radius 1 is 0.889 bits per heavy atom. The molecular weight excluding hydrogens is 448 g/mol. The smallest absolute Gasteiger partial charge is 0.238 e. The first kappa shape index (κ1) is 22.5. The molecule has 36 heavy (non-hydrogen) atoms. The van der Waals surface area contributed by atoms with Crippen LogP contribution in [0.3, 0.4) is 0 Å². The maximum atomic E-state index is 14.5. The van der Waals surface area contributed by atoms with Crippen LogP contribution in [0.1, 0.15) is 53.9 Å².